The van der Waals surface area contributed by atoms with Gasteiger partial charge in [0.1, 0.15) is 17.8 Å². The van der Waals surface area contributed by atoms with Crippen LogP contribution in [0.25, 0.3) is 10.4 Å². The molecule has 0 saturated carbocycles. The van der Waals surface area contributed by atoms with E-state index in [9.17, 15) is 19.8 Å². The number of aryl methyl sites for hydroxylation is 1. The third kappa shape index (κ3) is 5.23. The van der Waals surface area contributed by atoms with Gasteiger partial charge in [-0.05, 0) is 35.7 Å². The molecule has 10 heteroatoms. The van der Waals surface area contributed by atoms with Crippen LogP contribution in [-0.4, -0.2) is 56.6 Å². The van der Waals surface area contributed by atoms with E-state index in [1.165, 1.54) is 16.2 Å². The number of aromatic nitrogens is 1. The number of rotatable bonds is 6. The molecule has 0 radical (unpaired) electrons. The first-order chi connectivity index (χ1) is 15.0. The Labute approximate surface area is 196 Å². The third-order valence-electron chi connectivity index (χ3n) is 5.63. The molecule has 3 atom stereocenters. The van der Waals surface area contributed by atoms with Crippen molar-refractivity contribution >= 4 is 34.9 Å². The molecule has 0 bridgehead atoms. The van der Waals surface area contributed by atoms with E-state index in [-0.39, 0.29) is 37.1 Å². The fourth-order valence-electron chi connectivity index (χ4n) is 3.79. The second-order valence-electron chi connectivity index (χ2n) is 9.13. The molecule has 1 aliphatic rings. The molecule has 1 aromatic carbocycles. The zero-order valence-electron chi connectivity index (χ0n) is 18.6. The summed E-state index contributed by atoms with van der Waals surface area (Å²) in [4.78, 5) is 35.0. The van der Waals surface area contributed by atoms with Gasteiger partial charge in [0.05, 0.1) is 22.2 Å². The number of aromatic hydroxyl groups is 1. The van der Waals surface area contributed by atoms with Gasteiger partial charge in [-0.15, -0.1) is 11.3 Å². The summed E-state index contributed by atoms with van der Waals surface area (Å²) in [5.41, 5.74) is 3.58. The summed E-state index contributed by atoms with van der Waals surface area (Å²) in [6, 6.07) is 3.75. The normalized spacial score (nSPS) is 19.8. The Morgan fingerprint density at radius 2 is 2.09 bits per heavy atom. The number of phenolic OH excluding ortho intramolecular Hbond substituents is 1. The zero-order chi connectivity index (χ0) is 23.6. The molecule has 1 aromatic heterocycles. The Kier molecular flexibility index (Phi) is 7.44. The number of aliphatic hydroxyl groups excluding tert-OH is 1. The average molecular weight is 481 g/mol. The summed E-state index contributed by atoms with van der Waals surface area (Å²) < 4.78 is 0. The summed E-state index contributed by atoms with van der Waals surface area (Å²) in [5, 5.41) is 23.3. The molecule has 32 heavy (non-hydrogen) atoms. The molecule has 174 valence electrons. The number of benzene rings is 1. The molecule has 4 N–H and O–H groups in total. The number of carbonyl (C=O) groups excluding carboxylic acids is 2. The van der Waals surface area contributed by atoms with E-state index in [2.05, 4.69) is 15.1 Å². The van der Waals surface area contributed by atoms with E-state index < -0.39 is 23.6 Å². The molecule has 0 spiro atoms. The van der Waals surface area contributed by atoms with Gasteiger partial charge in [-0.3, -0.25) is 9.59 Å². The van der Waals surface area contributed by atoms with E-state index in [1.54, 1.807) is 17.6 Å². The topological polar surface area (TPSA) is 115 Å². The molecule has 1 saturated heterocycles. The van der Waals surface area contributed by atoms with Crippen molar-refractivity contribution in [3.05, 3.63) is 35.0 Å². The Morgan fingerprint density at radius 3 is 2.66 bits per heavy atom. The summed E-state index contributed by atoms with van der Waals surface area (Å²) in [6.45, 7) is 7.67. The molecule has 3 rings (SSSR count). The number of likely N-dealkylation sites (tertiary alicyclic amines) is 1. The van der Waals surface area contributed by atoms with Gasteiger partial charge in [-0.1, -0.05) is 32.9 Å². The molecule has 2 amide bonds. The highest BCUT2D eigenvalue weighted by atomic mass is 35.5. The van der Waals surface area contributed by atoms with Crippen molar-refractivity contribution in [1.82, 2.24) is 20.0 Å². The van der Waals surface area contributed by atoms with Crippen molar-refractivity contribution in [1.29, 1.82) is 0 Å². The number of hydrogen-bond acceptors (Lipinski definition) is 7. The monoisotopic (exact) mass is 480 g/mol. The highest BCUT2D eigenvalue weighted by molar-refractivity contribution is 7.13. The largest absolute Gasteiger partial charge is 0.508 e. The van der Waals surface area contributed by atoms with Gasteiger partial charge in [0.2, 0.25) is 11.8 Å². The third-order valence-corrected chi connectivity index (χ3v) is 6.83. The minimum absolute atomic E-state index is 0.0640. The van der Waals surface area contributed by atoms with E-state index in [1.807, 2.05) is 33.8 Å². The molecular weight excluding hydrogens is 452 g/mol. The average Bonchev–Trinajstić information content (AvgIpc) is 3.31. The lowest BCUT2D eigenvalue weighted by atomic mass is 9.86. The molecule has 2 aromatic rings. The zero-order valence-corrected chi connectivity index (χ0v) is 20.1. The van der Waals surface area contributed by atoms with E-state index in [0.29, 0.717) is 5.56 Å². The van der Waals surface area contributed by atoms with Crippen molar-refractivity contribution in [2.75, 3.05) is 6.54 Å². The van der Waals surface area contributed by atoms with Gasteiger partial charge in [-0.2, -0.15) is 0 Å². The SMILES string of the molecule is Cc1ncsc1-c1ccc(CNC(=O)[C@@H]2C[C@@H](O)CN2C(=O)[C@@H](NCl)C(C)(C)C)c(O)c1. The van der Waals surface area contributed by atoms with Gasteiger partial charge in [0, 0.05) is 25.1 Å². The number of nitrogens with zero attached hydrogens (tertiary/aromatic N) is 2. The van der Waals surface area contributed by atoms with Crippen molar-refractivity contribution in [2.24, 2.45) is 5.41 Å². The van der Waals surface area contributed by atoms with Gasteiger partial charge in [0.15, 0.2) is 0 Å². The Morgan fingerprint density at radius 1 is 1.38 bits per heavy atom. The second-order valence-corrected chi connectivity index (χ2v) is 10.2. The van der Waals surface area contributed by atoms with Crippen LogP contribution in [0.3, 0.4) is 0 Å². The molecule has 1 fully saturated rings. The first-order valence-corrected chi connectivity index (χ1v) is 11.6. The quantitative estimate of drug-likeness (QED) is 0.472. The second kappa shape index (κ2) is 9.74. The van der Waals surface area contributed by atoms with Gasteiger partial charge in [-0.25, -0.2) is 9.82 Å². The predicted octanol–water partition coefficient (Wildman–Crippen LogP) is 2.56. The van der Waals surface area contributed by atoms with Crippen LogP contribution in [0.15, 0.2) is 23.7 Å². The van der Waals surface area contributed by atoms with E-state index in [4.69, 9.17) is 11.8 Å². The van der Waals surface area contributed by atoms with Crippen LogP contribution in [-0.2, 0) is 16.1 Å². The highest BCUT2D eigenvalue weighted by Crippen LogP contribution is 2.31. The summed E-state index contributed by atoms with van der Waals surface area (Å²) in [6.07, 6.45) is -0.646. The maximum atomic E-state index is 13.0. The smallest absolute Gasteiger partial charge is 0.243 e. The Bertz CT molecular complexity index is 991. The fraction of sp³-hybridized carbons (Fsp3) is 0.500. The summed E-state index contributed by atoms with van der Waals surface area (Å²) in [5.74, 6) is -0.663. The van der Waals surface area contributed by atoms with Crippen LogP contribution < -0.4 is 10.2 Å². The fourth-order valence-corrected chi connectivity index (χ4v) is 5.01. The van der Waals surface area contributed by atoms with Crippen LogP contribution in [0.1, 0.15) is 38.4 Å². The van der Waals surface area contributed by atoms with Crippen LogP contribution in [0, 0.1) is 12.3 Å². The van der Waals surface area contributed by atoms with Gasteiger partial charge < -0.3 is 20.4 Å². The minimum atomic E-state index is -0.811. The summed E-state index contributed by atoms with van der Waals surface area (Å²) in [7, 11) is 0. The van der Waals surface area contributed by atoms with Crippen molar-refractivity contribution in [3.63, 3.8) is 0 Å². The number of phenols is 1. The highest BCUT2D eigenvalue weighted by Gasteiger charge is 2.43. The number of amides is 2. The van der Waals surface area contributed by atoms with E-state index >= 15 is 0 Å². The number of hydrogen-bond donors (Lipinski definition) is 4. The molecule has 1 aliphatic heterocycles. The lowest BCUT2D eigenvalue weighted by Gasteiger charge is -2.33. The van der Waals surface area contributed by atoms with Crippen molar-refractivity contribution in [2.45, 2.75) is 58.8 Å². The number of aliphatic hydroxyl groups is 1. The maximum Gasteiger partial charge on any atom is 0.243 e. The van der Waals surface area contributed by atoms with Gasteiger partial charge in [0.25, 0.3) is 0 Å². The summed E-state index contributed by atoms with van der Waals surface area (Å²) >= 11 is 7.31. The molecule has 0 aliphatic carbocycles. The minimum Gasteiger partial charge on any atom is -0.508 e. The lowest BCUT2D eigenvalue weighted by molar-refractivity contribution is -0.141. The van der Waals surface area contributed by atoms with Crippen molar-refractivity contribution in [3.8, 4) is 16.2 Å². The lowest BCUT2D eigenvalue weighted by Crippen LogP contribution is -2.54. The number of nitrogens with one attached hydrogen (secondary N) is 2. The number of β-amino-alcohol motifs (C(OH)–C–C–N with tert-alkyl or cyclic N) is 1. The Balaban J connectivity index is 1.69. The first kappa shape index (κ1) is 24.4. The Hall–Kier alpha value is -2.20. The predicted molar refractivity (Wildman–Crippen MR) is 124 cm³/mol. The molecule has 0 unspecified atom stereocenters. The van der Waals surface area contributed by atoms with Gasteiger partial charge >= 0.3 is 0 Å². The number of thiazole rings is 1. The van der Waals surface area contributed by atoms with Crippen LogP contribution in [0.4, 0.5) is 0 Å². The van der Waals surface area contributed by atoms with Crippen LogP contribution in [0.5, 0.6) is 5.75 Å². The van der Waals surface area contributed by atoms with Crippen LogP contribution >= 0.6 is 23.1 Å². The first-order valence-electron chi connectivity index (χ1n) is 10.4. The van der Waals surface area contributed by atoms with Crippen molar-refractivity contribution < 1.29 is 19.8 Å². The standard InChI is InChI=1S/C22H29ClN4O4S/c1-12-18(32-11-25-12)13-5-6-14(17(29)7-13)9-24-20(30)16-8-15(28)10-27(16)21(31)19(26-23)22(2,3)4/h5-7,11,15-16,19,26,28-29H,8-10H2,1-4H3,(H,24,30)/t15-,16+,19-/m1/s1. The molecule has 8 nitrogen and oxygen atoms in total. The molecular formula is C22H29ClN4O4S. The maximum absolute atomic E-state index is 13.0. The van der Waals surface area contributed by atoms with E-state index in [0.717, 1.165) is 16.1 Å². The molecule has 2 heterocycles. The van der Waals surface area contributed by atoms with Crippen LogP contribution in [0.2, 0.25) is 0 Å². The number of carbonyl (C=O) groups is 2. The number of halogens is 1.